The number of halogens is 3. The first-order valence-electron chi connectivity index (χ1n) is 16.0. The lowest BCUT2D eigenvalue weighted by atomic mass is 10.1. The van der Waals surface area contributed by atoms with Gasteiger partial charge in [0.2, 0.25) is 11.7 Å². The van der Waals surface area contributed by atoms with Crippen molar-refractivity contribution in [1.82, 2.24) is 24.8 Å². The van der Waals surface area contributed by atoms with E-state index in [9.17, 15) is 13.6 Å². The van der Waals surface area contributed by atoms with Gasteiger partial charge in [-0.15, -0.1) is 0 Å². The fourth-order valence-electron chi connectivity index (χ4n) is 4.15. The number of hydrogen-bond acceptors (Lipinski definition) is 8. The summed E-state index contributed by atoms with van der Waals surface area (Å²) in [5, 5.41) is 7.57. The smallest absolute Gasteiger partial charge is 0.219 e. The molecule has 0 atom stereocenters. The highest BCUT2D eigenvalue weighted by Gasteiger charge is 2.21. The average Bonchev–Trinajstić information content (AvgIpc) is 3.40. The lowest BCUT2D eigenvalue weighted by Gasteiger charge is -2.13. The number of anilines is 1. The molecule has 2 heterocycles. The van der Waals surface area contributed by atoms with Crippen molar-refractivity contribution < 1.29 is 18.3 Å². The maximum atomic E-state index is 14.1. The van der Waals surface area contributed by atoms with Crippen LogP contribution in [0.3, 0.4) is 0 Å². The van der Waals surface area contributed by atoms with Crippen molar-refractivity contribution in [1.29, 1.82) is 0 Å². The molecule has 8 nitrogen and oxygen atoms in total. The van der Waals surface area contributed by atoms with Gasteiger partial charge in [0.15, 0.2) is 11.6 Å². The van der Waals surface area contributed by atoms with Gasteiger partial charge in [-0.1, -0.05) is 88.9 Å². The summed E-state index contributed by atoms with van der Waals surface area (Å²) in [5.41, 5.74) is 11.6. The fraction of sp³-hybridized carbons (Fsp3) is 0.361. The Hall–Kier alpha value is -4.09. The van der Waals surface area contributed by atoms with Crippen molar-refractivity contribution in [3.05, 3.63) is 106 Å². The van der Waals surface area contributed by atoms with E-state index in [-0.39, 0.29) is 40.4 Å². The van der Waals surface area contributed by atoms with E-state index in [1.807, 2.05) is 39.8 Å². The predicted octanol–water partition coefficient (Wildman–Crippen LogP) is 9.97. The Morgan fingerprint density at radius 1 is 1.19 bits per heavy atom. The number of allylic oxidation sites excluding steroid dienone is 5. The molecule has 48 heavy (non-hydrogen) atoms. The Balaban J connectivity index is 0.00000124. The Labute approximate surface area is 292 Å². The second kappa shape index (κ2) is 20.3. The Morgan fingerprint density at radius 3 is 2.52 bits per heavy atom. The van der Waals surface area contributed by atoms with Gasteiger partial charge in [-0.3, -0.25) is 9.18 Å². The molecule has 4 rings (SSSR count). The molecule has 12 heteroatoms. The monoisotopic (exact) mass is 700 g/mol. The molecule has 0 amide bonds. The number of alkyl halides is 1. The lowest BCUT2D eigenvalue weighted by molar-refractivity contribution is 0.102. The number of nitrogen functional groups attached to an aromatic ring is 1. The topological polar surface area (TPSA) is 107 Å². The molecule has 260 valence electrons. The minimum atomic E-state index is -0.613. The first-order valence-corrected chi connectivity index (χ1v) is 17.3. The van der Waals surface area contributed by atoms with E-state index in [4.69, 9.17) is 22.1 Å². The van der Waals surface area contributed by atoms with Crippen LogP contribution in [0.2, 0.25) is 5.02 Å². The molecule has 1 aliphatic carbocycles. The number of unbranched alkanes of at least 4 members (excludes halogenated alkanes) is 1. The van der Waals surface area contributed by atoms with Gasteiger partial charge < -0.3 is 20.5 Å². The van der Waals surface area contributed by atoms with Gasteiger partial charge in [-0.25, -0.2) is 14.1 Å². The van der Waals surface area contributed by atoms with E-state index < -0.39 is 11.6 Å². The maximum absolute atomic E-state index is 14.1. The molecule has 0 saturated carbocycles. The molecular formula is C36H47ClF2N6O2S. The van der Waals surface area contributed by atoms with Crippen molar-refractivity contribution in [3.8, 4) is 17.3 Å². The molecule has 0 spiro atoms. The summed E-state index contributed by atoms with van der Waals surface area (Å²) in [6, 6.07) is 5.83. The van der Waals surface area contributed by atoms with Crippen molar-refractivity contribution in [2.75, 3.05) is 18.2 Å². The van der Waals surface area contributed by atoms with E-state index in [0.29, 0.717) is 29.8 Å². The summed E-state index contributed by atoms with van der Waals surface area (Å²) in [7, 11) is 0. The summed E-state index contributed by atoms with van der Waals surface area (Å²) >= 11 is 7.51. The highest BCUT2D eigenvalue weighted by molar-refractivity contribution is 7.97. The summed E-state index contributed by atoms with van der Waals surface area (Å²) in [4.78, 5) is 17.6. The van der Waals surface area contributed by atoms with Crippen molar-refractivity contribution in [3.63, 3.8) is 0 Å². The minimum absolute atomic E-state index is 0.109. The quantitative estimate of drug-likeness (QED) is 0.0700. The van der Waals surface area contributed by atoms with Gasteiger partial charge in [0.25, 0.3) is 0 Å². The lowest BCUT2D eigenvalue weighted by Crippen LogP contribution is -2.21. The van der Waals surface area contributed by atoms with Crippen molar-refractivity contribution in [2.24, 2.45) is 0 Å². The van der Waals surface area contributed by atoms with Crippen molar-refractivity contribution >= 4 is 35.1 Å². The van der Waals surface area contributed by atoms with Crippen LogP contribution < -0.4 is 20.5 Å². The van der Waals surface area contributed by atoms with Crippen LogP contribution in [0.1, 0.15) is 83.1 Å². The van der Waals surface area contributed by atoms with Crippen LogP contribution in [-0.4, -0.2) is 33.0 Å². The number of para-hydroxylation sites is 1. The van der Waals surface area contributed by atoms with Gasteiger partial charge in [0.1, 0.15) is 5.82 Å². The number of pyridine rings is 1. The molecule has 2 aromatic heterocycles. The molecule has 0 aliphatic heterocycles. The number of Topliss-reactive ketones (excluding diaryl/α,β-unsaturated/α-hetero) is 1. The summed E-state index contributed by atoms with van der Waals surface area (Å²) in [5.74, 6) is -0.251. The molecule has 0 saturated heterocycles. The summed E-state index contributed by atoms with van der Waals surface area (Å²) in [6.07, 6.45) is 10.5. The number of nitrogens with one attached hydrogen (secondary N) is 2. The standard InChI is InChI=1S/C30H31ClF2N6O2S.C4H10.C2H6/c1-17-13-18(2)25(38-42-12-6-11-32)10-9-24(17)37-20(4)28(40)21-15-36-39(30(21)34)26-16-35-27(14-19(26)3)41-29-22(31)7-5-8-23(29)33;1-3-4-2;1-2/h5,7-8,10,13-16,37-38H,4,6,9,11-12,34H2,1-3H3;3-4H2,1-2H3;1-2H3. The van der Waals surface area contributed by atoms with Crippen LogP contribution >= 0.6 is 23.5 Å². The molecule has 3 aromatic rings. The average molecular weight is 701 g/mol. The van der Waals surface area contributed by atoms with Crippen LogP contribution in [0.25, 0.3) is 5.69 Å². The normalized spacial score (nSPS) is 12.4. The van der Waals surface area contributed by atoms with Gasteiger partial charge in [0, 0.05) is 29.6 Å². The summed E-state index contributed by atoms with van der Waals surface area (Å²) < 4.78 is 36.8. The zero-order valence-electron chi connectivity index (χ0n) is 28.8. The van der Waals surface area contributed by atoms with Gasteiger partial charge >= 0.3 is 0 Å². The number of ether oxygens (including phenoxy) is 1. The number of hydrogen-bond donors (Lipinski definition) is 3. The van der Waals surface area contributed by atoms with Crippen molar-refractivity contribution in [2.45, 2.75) is 74.1 Å². The molecular weight excluding hydrogens is 654 g/mol. The molecule has 0 bridgehead atoms. The van der Waals surface area contributed by atoms with Crippen LogP contribution in [0.15, 0.2) is 83.6 Å². The molecule has 0 fully saturated rings. The number of aryl methyl sites for hydroxylation is 1. The Bertz CT molecular complexity index is 1630. The zero-order valence-corrected chi connectivity index (χ0v) is 30.4. The third kappa shape index (κ3) is 11.0. The minimum Gasteiger partial charge on any atom is -0.434 e. The third-order valence-corrected chi connectivity index (χ3v) is 8.10. The van der Waals surface area contributed by atoms with E-state index in [1.54, 1.807) is 13.0 Å². The number of ketones is 1. The maximum Gasteiger partial charge on any atom is 0.219 e. The number of nitrogens with zero attached hydrogens (tertiary/aromatic N) is 3. The number of carbonyl (C=O) groups is 1. The fourth-order valence-corrected chi connectivity index (χ4v) is 5.11. The number of benzene rings is 1. The largest absolute Gasteiger partial charge is 0.434 e. The number of rotatable bonds is 13. The second-order valence-corrected chi connectivity index (χ2v) is 11.9. The Morgan fingerprint density at radius 2 is 1.90 bits per heavy atom. The van der Waals surface area contributed by atoms with Crippen LogP contribution in [0, 0.1) is 12.7 Å². The van der Waals surface area contributed by atoms with Crippen LogP contribution in [0.5, 0.6) is 11.6 Å². The van der Waals surface area contributed by atoms with E-state index in [1.165, 1.54) is 60.1 Å². The molecule has 0 unspecified atom stereocenters. The number of carbonyl (C=O) groups excluding carboxylic acids is 1. The first kappa shape index (κ1) is 40.1. The van der Waals surface area contributed by atoms with E-state index in [2.05, 4.69) is 40.5 Å². The second-order valence-electron chi connectivity index (χ2n) is 10.6. The number of nitrogens with two attached hydrogens (primary N) is 1. The third-order valence-electron chi connectivity index (χ3n) is 6.95. The SMILES string of the molecule is C=C(NC1=C(C)C=C(C)C(NSCCCF)=CC1)C(=O)c1cnn(-c2cnc(Oc3c(F)cccc3Cl)cc2C)c1N.CC.CCCC. The first-order chi connectivity index (χ1) is 23.0. The highest BCUT2D eigenvalue weighted by atomic mass is 35.5. The van der Waals surface area contributed by atoms with Gasteiger partial charge in [-0.2, -0.15) is 5.10 Å². The van der Waals surface area contributed by atoms with Crippen LogP contribution in [0.4, 0.5) is 14.6 Å². The predicted molar refractivity (Wildman–Crippen MR) is 196 cm³/mol. The van der Waals surface area contributed by atoms with E-state index >= 15 is 0 Å². The molecule has 1 aromatic carbocycles. The molecule has 1 aliphatic rings. The number of aromatic nitrogens is 3. The van der Waals surface area contributed by atoms with Gasteiger partial charge in [0.05, 0.1) is 41.0 Å². The Kier molecular flexibility index (Phi) is 17.0. The van der Waals surface area contributed by atoms with Gasteiger partial charge in [-0.05, 0) is 56.0 Å². The molecule has 0 radical (unpaired) electrons. The summed E-state index contributed by atoms with van der Waals surface area (Å²) in [6.45, 7) is 17.7. The zero-order chi connectivity index (χ0) is 35.8. The molecule has 4 N–H and O–H groups in total. The highest BCUT2D eigenvalue weighted by Crippen LogP contribution is 2.32. The van der Waals surface area contributed by atoms with E-state index in [0.717, 1.165) is 22.5 Å². The van der Waals surface area contributed by atoms with Crippen LogP contribution in [-0.2, 0) is 0 Å².